The van der Waals surface area contributed by atoms with Gasteiger partial charge in [-0.2, -0.15) is 0 Å². The number of hydrogen-bond acceptors (Lipinski definition) is 5. The van der Waals surface area contributed by atoms with Gasteiger partial charge in [-0.1, -0.05) is 18.7 Å². The van der Waals surface area contributed by atoms with Gasteiger partial charge in [-0.3, -0.25) is 4.79 Å². The van der Waals surface area contributed by atoms with Crippen LogP contribution < -0.4 is 11.1 Å². The highest BCUT2D eigenvalue weighted by molar-refractivity contribution is 7.99. The Balaban J connectivity index is 2.62. The number of thioether (sulfide) groups is 1. The lowest BCUT2D eigenvalue weighted by Gasteiger charge is -2.26. The van der Waals surface area contributed by atoms with Crippen molar-refractivity contribution in [1.29, 1.82) is 0 Å². The van der Waals surface area contributed by atoms with Crippen molar-refractivity contribution in [3.63, 3.8) is 0 Å². The average molecular weight is 268 g/mol. The molecule has 0 fully saturated rings. The molecule has 100 valence electrons. The summed E-state index contributed by atoms with van der Waals surface area (Å²) in [7, 11) is 0. The first-order chi connectivity index (χ1) is 8.48. The van der Waals surface area contributed by atoms with Crippen molar-refractivity contribution in [2.75, 3.05) is 12.3 Å². The van der Waals surface area contributed by atoms with Crippen LogP contribution >= 0.6 is 11.8 Å². The molecule has 1 amide bonds. The summed E-state index contributed by atoms with van der Waals surface area (Å²) in [5, 5.41) is 3.83. The van der Waals surface area contributed by atoms with Gasteiger partial charge >= 0.3 is 0 Å². The molecule has 1 aromatic rings. The maximum atomic E-state index is 11.5. The van der Waals surface area contributed by atoms with Crippen LogP contribution in [0.3, 0.4) is 0 Å². The SMILES string of the molecule is CCCNC(C)(CSc1ncc(C)cn1)C(N)=O. The van der Waals surface area contributed by atoms with Crippen LogP contribution in [0.15, 0.2) is 17.6 Å². The van der Waals surface area contributed by atoms with E-state index in [1.54, 1.807) is 12.4 Å². The summed E-state index contributed by atoms with van der Waals surface area (Å²) in [6.45, 7) is 6.55. The molecule has 0 aliphatic carbocycles. The highest BCUT2D eigenvalue weighted by atomic mass is 32.2. The van der Waals surface area contributed by atoms with Crippen LogP contribution in [0, 0.1) is 6.92 Å². The summed E-state index contributed by atoms with van der Waals surface area (Å²) in [5.74, 6) is 0.168. The van der Waals surface area contributed by atoms with Crippen molar-refractivity contribution in [3.05, 3.63) is 18.0 Å². The number of nitrogens with zero attached hydrogens (tertiary/aromatic N) is 2. The van der Waals surface area contributed by atoms with Gasteiger partial charge in [0.05, 0.1) is 0 Å². The number of aryl methyl sites for hydroxylation is 1. The van der Waals surface area contributed by atoms with Crippen LogP contribution in [-0.4, -0.2) is 33.7 Å². The van der Waals surface area contributed by atoms with Crippen LogP contribution in [0.25, 0.3) is 0 Å². The third-order valence-corrected chi connectivity index (χ3v) is 3.75. The van der Waals surface area contributed by atoms with Crippen molar-refractivity contribution in [3.8, 4) is 0 Å². The molecule has 1 aromatic heterocycles. The Labute approximate surface area is 112 Å². The summed E-state index contributed by atoms with van der Waals surface area (Å²) >= 11 is 1.43. The maximum absolute atomic E-state index is 11.5. The predicted octanol–water partition coefficient (Wildman–Crippen LogP) is 1.12. The van der Waals surface area contributed by atoms with E-state index in [2.05, 4.69) is 15.3 Å². The molecule has 1 rings (SSSR count). The lowest BCUT2D eigenvalue weighted by molar-refractivity contribution is -0.122. The van der Waals surface area contributed by atoms with E-state index in [0.29, 0.717) is 10.9 Å². The Hall–Kier alpha value is -1.14. The van der Waals surface area contributed by atoms with Gasteiger partial charge in [-0.05, 0) is 32.4 Å². The standard InChI is InChI=1S/C12H20N4OS/c1-4-5-16-12(3,10(13)17)8-18-11-14-6-9(2)7-15-11/h6-7,16H,4-5,8H2,1-3H3,(H2,13,17). The van der Waals surface area contributed by atoms with Crippen LogP contribution in [-0.2, 0) is 4.79 Å². The second-order valence-electron chi connectivity index (χ2n) is 4.45. The Morgan fingerprint density at radius 3 is 2.61 bits per heavy atom. The molecular weight excluding hydrogens is 248 g/mol. The first-order valence-electron chi connectivity index (χ1n) is 5.94. The minimum Gasteiger partial charge on any atom is -0.368 e. The fourth-order valence-electron chi connectivity index (χ4n) is 1.27. The molecule has 1 heterocycles. The van der Waals surface area contributed by atoms with Crippen molar-refractivity contribution in [1.82, 2.24) is 15.3 Å². The molecule has 0 bridgehead atoms. The number of rotatable bonds is 7. The van der Waals surface area contributed by atoms with Gasteiger partial charge in [0.2, 0.25) is 5.91 Å². The monoisotopic (exact) mass is 268 g/mol. The number of aromatic nitrogens is 2. The molecule has 0 aromatic carbocycles. The van der Waals surface area contributed by atoms with Crippen molar-refractivity contribution in [2.24, 2.45) is 5.73 Å². The number of amides is 1. The molecule has 0 saturated heterocycles. The summed E-state index contributed by atoms with van der Waals surface area (Å²) in [4.78, 5) is 19.9. The number of carbonyl (C=O) groups excluding carboxylic acids is 1. The molecule has 0 radical (unpaired) electrons. The molecule has 18 heavy (non-hydrogen) atoms. The van der Waals surface area contributed by atoms with Gasteiger partial charge < -0.3 is 11.1 Å². The zero-order valence-electron chi connectivity index (χ0n) is 11.1. The number of nitrogens with one attached hydrogen (secondary N) is 1. The van der Waals surface area contributed by atoms with E-state index in [1.807, 2.05) is 20.8 Å². The quantitative estimate of drug-likeness (QED) is 0.572. The average Bonchev–Trinajstić information content (AvgIpc) is 2.35. The Kier molecular flexibility index (Phi) is 5.55. The first-order valence-corrected chi connectivity index (χ1v) is 6.93. The smallest absolute Gasteiger partial charge is 0.238 e. The molecule has 6 heteroatoms. The van der Waals surface area contributed by atoms with E-state index in [0.717, 1.165) is 18.5 Å². The van der Waals surface area contributed by atoms with Crippen molar-refractivity contribution < 1.29 is 4.79 Å². The van der Waals surface area contributed by atoms with Gasteiger partial charge in [0.1, 0.15) is 5.54 Å². The molecule has 0 spiro atoms. The van der Waals surface area contributed by atoms with Gasteiger partial charge in [-0.25, -0.2) is 9.97 Å². The second kappa shape index (κ2) is 6.70. The van der Waals surface area contributed by atoms with E-state index < -0.39 is 5.54 Å². The Morgan fingerprint density at radius 2 is 2.11 bits per heavy atom. The van der Waals surface area contributed by atoms with Gasteiger partial charge in [0.25, 0.3) is 0 Å². The predicted molar refractivity (Wildman–Crippen MR) is 73.4 cm³/mol. The molecule has 5 nitrogen and oxygen atoms in total. The van der Waals surface area contributed by atoms with Crippen LogP contribution in [0.1, 0.15) is 25.8 Å². The van der Waals surface area contributed by atoms with Gasteiger partial charge in [-0.15, -0.1) is 0 Å². The summed E-state index contributed by atoms with van der Waals surface area (Å²) in [5.41, 5.74) is 5.73. The minimum atomic E-state index is -0.727. The normalized spacial score (nSPS) is 14.2. The van der Waals surface area contributed by atoms with Crippen LogP contribution in [0.5, 0.6) is 0 Å². The third kappa shape index (κ3) is 4.27. The topological polar surface area (TPSA) is 80.9 Å². The molecule has 0 saturated carbocycles. The van der Waals surface area contributed by atoms with Crippen molar-refractivity contribution >= 4 is 17.7 Å². The molecule has 0 aliphatic heterocycles. The lowest BCUT2D eigenvalue weighted by atomic mass is 10.1. The molecular formula is C12H20N4OS. The summed E-state index contributed by atoms with van der Waals surface area (Å²) in [6.07, 6.45) is 4.47. The highest BCUT2D eigenvalue weighted by Gasteiger charge is 2.30. The van der Waals surface area contributed by atoms with E-state index in [-0.39, 0.29) is 5.91 Å². The van der Waals surface area contributed by atoms with E-state index in [4.69, 9.17) is 5.73 Å². The number of nitrogens with two attached hydrogens (primary N) is 1. The fourth-order valence-corrected chi connectivity index (χ4v) is 2.19. The third-order valence-electron chi connectivity index (χ3n) is 2.56. The van der Waals surface area contributed by atoms with E-state index in [1.165, 1.54) is 11.8 Å². The van der Waals surface area contributed by atoms with Gasteiger partial charge in [0.15, 0.2) is 5.16 Å². The molecule has 3 N–H and O–H groups in total. The zero-order valence-corrected chi connectivity index (χ0v) is 11.9. The number of primary amides is 1. The van der Waals surface area contributed by atoms with E-state index in [9.17, 15) is 4.79 Å². The Morgan fingerprint density at radius 1 is 1.50 bits per heavy atom. The molecule has 0 aliphatic rings. The Bertz CT molecular complexity index is 396. The lowest BCUT2D eigenvalue weighted by Crippen LogP contribution is -2.55. The highest BCUT2D eigenvalue weighted by Crippen LogP contribution is 2.19. The number of carbonyl (C=O) groups is 1. The summed E-state index contributed by atoms with van der Waals surface area (Å²) in [6, 6.07) is 0. The van der Waals surface area contributed by atoms with Crippen molar-refractivity contribution in [2.45, 2.75) is 37.9 Å². The maximum Gasteiger partial charge on any atom is 0.238 e. The largest absolute Gasteiger partial charge is 0.368 e. The zero-order chi connectivity index (χ0) is 13.6. The summed E-state index contributed by atoms with van der Waals surface area (Å²) < 4.78 is 0. The molecule has 1 unspecified atom stereocenters. The van der Waals surface area contributed by atoms with Gasteiger partial charge in [0, 0.05) is 18.1 Å². The number of hydrogen-bond donors (Lipinski definition) is 2. The van der Waals surface area contributed by atoms with E-state index >= 15 is 0 Å². The second-order valence-corrected chi connectivity index (χ2v) is 5.40. The van der Waals surface area contributed by atoms with Crippen LogP contribution in [0.4, 0.5) is 0 Å². The first kappa shape index (κ1) is 14.9. The van der Waals surface area contributed by atoms with Crippen LogP contribution in [0.2, 0.25) is 0 Å². The fraction of sp³-hybridized carbons (Fsp3) is 0.583. The molecule has 1 atom stereocenters. The minimum absolute atomic E-state index is 0.351.